The van der Waals surface area contributed by atoms with Crippen molar-refractivity contribution in [3.8, 4) is 0 Å². The largest absolute Gasteiger partial charge is 1.00 e. The van der Waals surface area contributed by atoms with E-state index < -0.39 is 18.9 Å². The highest BCUT2D eigenvalue weighted by atomic mass is 79.9. The van der Waals surface area contributed by atoms with Crippen LogP contribution in [-0.4, -0.2) is 16.7 Å². The summed E-state index contributed by atoms with van der Waals surface area (Å²) in [7, 11) is -2.36. The van der Waals surface area contributed by atoms with Crippen LogP contribution < -0.4 is 32.9 Å². The summed E-state index contributed by atoms with van der Waals surface area (Å²) >= 11 is 0. The maximum Gasteiger partial charge on any atom is 0.345 e. The van der Waals surface area contributed by atoms with Gasteiger partial charge in [0.2, 0.25) is 0 Å². The second-order valence-corrected chi connectivity index (χ2v) is 10.7. The number of hydrogen-bond acceptors (Lipinski definition) is 1. The topological polar surface area (TPSA) is 37.3 Å². The molecule has 0 radical (unpaired) electrons. The van der Waals surface area contributed by atoms with E-state index in [0.29, 0.717) is 6.42 Å². The summed E-state index contributed by atoms with van der Waals surface area (Å²) in [5.74, 6) is -0.694. The standard InChI is InChI=1S/C25H27O2P.BrH/c1-2-3-7-20-24(25(26)27)28(21-14-8-4-9-15-21,22-16-10-5-11-17-22)23-18-12-6-13-19-23;/h4-6,8-19,24H,2-3,7,20H2,1H3;1H. The van der Waals surface area contributed by atoms with Gasteiger partial charge in [0.25, 0.3) is 0 Å². The summed E-state index contributed by atoms with van der Waals surface area (Å²) in [5.41, 5.74) is -0.439. The zero-order valence-corrected chi connectivity index (χ0v) is 19.2. The van der Waals surface area contributed by atoms with Gasteiger partial charge >= 0.3 is 5.97 Å². The molecule has 0 bridgehead atoms. The molecule has 0 aliphatic carbocycles. The summed E-state index contributed by atoms with van der Waals surface area (Å²) in [5, 5.41) is 13.8. The van der Waals surface area contributed by atoms with Gasteiger partial charge in [0, 0.05) is 0 Å². The normalized spacial score (nSPS) is 12.0. The van der Waals surface area contributed by atoms with E-state index in [-0.39, 0.29) is 17.0 Å². The molecule has 1 atom stereocenters. The van der Waals surface area contributed by atoms with Crippen molar-refractivity contribution in [2.24, 2.45) is 0 Å². The summed E-state index contributed by atoms with van der Waals surface area (Å²) in [4.78, 5) is 12.7. The Morgan fingerprint density at radius 3 is 1.45 bits per heavy atom. The third kappa shape index (κ3) is 4.97. The van der Waals surface area contributed by atoms with Gasteiger partial charge < -0.3 is 22.1 Å². The van der Waals surface area contributed by atoms with E-state index in [1.807, 2.05) is 54.6 Å². The van der Waals surface area contributed by atoms with E-state index in [1.54, 1.807) is 0 Å². The van der Waals surface area contributed by atoms with Gasteiger partial charge in [-0.3, -0.25) is 0 Å². The number of hydrogen-bond donors (Lipinski definition) is 1. The minimum Gasteiger partial charge on any atom is -1.00 e. The van der Waals surface area contributed by atoms with E-state index in [2.05, 4.69) is 43.3 Å². The molecule has 0 saturated heterocycles. The van der Waals surface area contributed by atoms with Gasteiger partial charge in [-0.25, -0.2) is 4.79 Å². The average Bonchev–Trinajstić information content (AvgIpc) is 2.75. The van der Waals surface area contributed by atoms with Crippen molar-refractivity contribution in [3.05, 3.63) is 91.0 Å². The van der Waals surface area contributed by atoms with E-state index in [9.17, 15) is 9.90 Å². The second-order valence-electron chi connectivity index (χ2n) is 7.08. The van der Waals surface area contributed by atoms with Crippen molar-refractivity contribution in [1.82, 2.24) is 0 Å². The first-order valence-electron chi connectivity index (χ1n) is 9.99. The van der Waals surface area contributed by atoms with E-state index in [0.717, 1.165) is 35.2 Å². The maximum atomic E-state index is 12.7. The number of benzene rings is 3. The molecule has 0 fully saturated rings. The van der Waals surface area contributed by atoms with Crippen LogP contribution in [0.25, 0.3) is 0 Å². The Hall–Kier alpha value is -1.96. The van der Waals surface area contributed by atoms with Crippen molar-refractivity contribution in [2.75, 3.05) is 0 Å². The molecule has 152 valence electrons. The average molecular weight is 471 g/mol. The third-order valence-corrected chi connectivity index (χ3v) is 10.1. The molecule has 2 nitrogen and oxygen atoms in total. The predicted molar refractivity (Wildman–Crippen MR) is 121 cm³/mol. The Morgan fingerprint density at radius 2 is 1.14 bits per heavy atom. The first-order chi connectivity index (χ1) is 13.7. The molecule has 0 spiro atoms. The molecule has 3 rings (SSSR count). The number of halogens is 1. The highest BCUT2D eigenvalue weighted by Gasteiger charge is 2.55. The summed E-state index contributed by atoms with van der Waals surface area (Å²) in [6, 6.07) is 30.9. The fourth-order valence-corrected chi connectivity index (χ4v) is 8.85. The molecule has 29 heavy (non-hydrogen) atoms. The molecule has 0 aliphatic rings. The van der Waals surface area contributed by atoms with Gasteiger partial charge in [0.1, 0.15) is 23.2 Å². The van der Waals surface area contributed by atoms with Crippen LogP contribution >= 0.6 is 7.26 Å². The van der Waals surface area contributed by atoms with Crippen LogP contribution in [0.1, 0.15) is 32.6 Å². The molecular weight excluding hydrogens is 443 g/mol. The van der Waals surface area contributed by atoms with Gasteiger partial charge in [-0.05, 0) is 49.2 Å². The Kier molecular flexibility index (Phi) is 9.07. The fraction of sp³-hybridized carbons (Fsp3) is 0.240. The zero-order valence-electron chi connectivity index (χ0n) is 16.7. The quantitative estimate of drug-likeness (QED) is 0.383. The minimum absolute atomic E-state index is 0. The van der Waals surface area contributed by atoms with Crippen molar-refractivity contribution in [1.29, 1.82) is 0 Å². The lowest BCUT2D eigenvalue weighted by atomic mass is 10.1. The Bertz CT molecular complexity index is 772. The van der Waals surface area contributed by atoms with Crippen molar-refractivity contribution >= 4 is 29.1 Å². The van der Waals surface area contributed by atoms with Gasteiger partial charge in [0.05, 0.1) is 0 Å². The molecule has 0 saturated carbocycles. The molecule has 1 N–H and O–H groups in total. The van der Waals surface area contributed by atoms with E-state index >= 15 is 0 Å². The second kappa shape index (κ2) is 11.3. The van der Waals surface area contributed by atoms with Crippen molar-refractivity contribution < 1.29 is 26.9 Å². The Labute approximate surface area is 185 Å². The lowest BCUT2D eigenvalue weighted by molar-refractivity contribution is -0.136. The van der Waals surface area contributed by atoms with Crippen molar-refractivity contribution in [3.63, 3.8) is 0 Å². The number of rotatable bonds is 9. The van der Waals surface area contributed by atoms with Gasteiger partial charge in [-0.2, -0.15) is 0 Å². The Morgan fingerprint density at radius 1 is 0.759 bits per heavy atom. The predicted octanol–water partition coefficient (Wildman–Crippen LogP) is 2.02. The summed E-state index contributed by atoms with van der Waals surface area (Å²) < 4.78 is 0. The van der Waals surface area contributed by atoms with Crippen LogP contribution in [0.4, 0.5) is 0 Å². The van der Waals surface area contributed by atoms with E-state index in [1.165, 1.54) is 0 Å². The van der Waals surface area contributed by atoms with Crippen LogP contribution in [-0.2, 0) is 4.79 Å². The fourth-order valence-electron chi connectivity index (χ4n) is 4.05. The molecule has 3 aromatic carbocycles. The first-order valence-corrected chi connectivity index (χ1v) is 11.9. The van der Waals surface area contributed by atoms with Gasteiger partial charge in [0.15, 0.2) is 5.66 Å². The number of carboxylic acids is 1. The highest BCUT2D eigenvalue weighted by molar-refractivity contribution is 7.96. The molecule has 4 heteroatoms. The monoisotopic (exact) mass is 470 g/mol. The molecule has 3 aromatic rings. The Balaban J connectivity index is 0.00000300. The SMILES string of the molecule is CCCCCC(C(=O)O)[P+](c1ccccc1)(c1ccccc1)c1ccccc1.[Br-]. The summed E-state index contributed by atoms with van der Waals surface area (Å²) in [6.45, 7) is 2.16. The smallest absolute Gasteiger partial charge is 0.345 e. The number of carboxylic acid groups (broad SMARTS) is 1. The van der Waals surface area contributed by atoms with Crippen LogP contribution in [0.2, 0.25) is 0 Å². The van der Waals surface area contributed by atoms with Crippen molar-refractivity contribution in [2.45, 2.75) is 38.3 Å². The highest BCUT2D eigenvalue weighted by Crippen LogP contribution is 2.61. The summed E-state index contributed by atoms with van der Waals surface area (Å²) in [6.07, 6.45) is 3.76. The first kappa shape index (κ1) is 23.3. The van der Waals surface area contributed by atoms with Crippen LogP contribution in [0.15, 0.2) is 91.0 Å². The molecule has 0 amide bonds. The number of carbonyl (C=O) groups is 1. The molecule has 1 unspecified atom stereocenters. The maximum absolute atomic E-state index is 12.7. The minimum atomic E-state index is -2.36. The number of unbranched alkanes of at least 4 members (excludes halogenated alkanes) is 2. The van der Waals surface area contributed by atoms with Gasteiger partial charge in [-0.1, -0.05) is 74.4 Å². The van der Waals surface area contributed by atoms with Crippen LogP contribution in [0.3, 0.4) is 0 Å². The van der Waals surface area contributed by atoms with Crippen LogP contribution in [0.5, 0.6) is 0 Å². The number of aliphatic carboxylic acids is 1. The molecule has 0 aliphatic heterocycles. The zero-order chi connectivity index (χ0) is 19.8. The third-order valence-electron chi connectivity index (χ3n) is 5.32. The molecular formula is C25H28BrO2P. The van der Waals surface area contributed by atoms with E-state index in [4.69, 9.17) is 0 Å². The molecule has 0 aromatic heterocycles. The lowest BCUT2D eigenvalue weighted by Crippen LogP contribution is -3.00. The van der Waals surface area contributed by atoms with Crippen LogP contribution in [0, 0.1) is 0 Å². The molecule has 0 heterocycles. The lowest BCUT2D eigenvalue weighted by Gasteiger charge is -2.32. The van der Waals surface area contributed by atoms with Gasteiger partial charge in [-0.15, -0.1) is 0 Å².